The molecule has 0 fully saturated rings. The van der Waals surface area contributed by atoms with Gasteiger partial charge in [0.15, 0.2) is 0 Å². The third kappa shape index (κ3) is 3.21. The third-order valence-corrected chi connectivity index (χ3v) is 2.47. The van der Waals surface area contributed by atoms with Crippen LogP contribution in [0.3, 0.4) is 0 Å². The van der Waals surface area contributed by atoms with Crippen molar-refractivity contribution in [1.82, 2.24) is 9.97 Å². The molecule has 0 aliphatic rings. The summed E-state index contributed by atoms with van der Waals surface area (Å²) in [7, 11) is 1.40. The molecule has 21 heavy (non-hydrogen) atoms. The van der Waals surface area contributed by atoms with Crippen LogP contribution in [0.4, 0.5) is 5.69 Å². The fraction of sp³-hybridized carbons (Fsp3) is 0.0833. The number of nitrogens with one attached hydrogen (secondary N) is 1. The SMILES string of the molecule is COc1ccc(Oc2nccc(C(=N)N)n2)c([N+](=O)[O-])c1. The maximum absolute atomic E-state index is 11.0. The van der Waals surface area contributed by atoms with Crippen LogP contribution in [0.1, 0.15) is 5.69 Å². The molecule has 2 aromatic rings. The number of hydrogen-bond acceptors (Lipinski definition) is 7. The normalized spacial score (nSPS) is 9.95. The van der Waals surface area contributed by atoms with E-state index in [0.29, 0.717) is 5.75 Å². The monoisotopic (exact) mass is 289 g/mol. The van der Waals surface area contributed by atoms with Gasteiger partial charge >= 0.3 is 11.7 Å². The zero-order valence-electron chi connectivity index (χ0n) is 10.9. The molecular formula is C12H11N5O4. The second-order valence-electron chi connectivity index (χ2n) is 3.83. The highest BCUT2D eigenvalue weighted by molar-refractivity contribution is 5.92. The Morgan fingerprint density at radius 3 is 2.81 bits per heavy atom. The van der Waals surface area contributed by atoms with E-state index in [-0.39, 0.29) is 29.0 Å². The van der Waals surface area contributed by atoms with E-state index in [9.17, 15) is 10.1 Å². The molecule has 9 heteroatoms. The van der Waals surface area contributed by atoms with E-state index in [1.165, 1.54) is 37.6 Å². The predicted molar refractivity (Wildman–Crippen MR) is 72.8 cm³/mol. The second-order valence-corrected chi connectivity index (χ2v) is 3.83. The van der Waals surface area contributed by atoms with Crippen LogP contribution >= 0.6 is 0 Å². The summed E-state index contributed by atoms with van der Waals surface area (Å²) in [6, 6.07) is 5.40. The number of methoxy groups -OCH3 is 1. The first-order valence-corrected chi connectivity index (χ1v) is 5.69. The van der Waals surface area contributed by atoms with Crippen LogP contribution in [0, 0.1) is 15.5 Å². The number of nitro benzene ring substituents is 1. The lowest BCUT2D eigenvalue weighted by Gasteiger charge is -2.06. The fourth-order valence-electron chi connectivity index (χ4n) is 1.49. The highest BCUT2D eigenvalue weighted by Crippen LogP contribution is 2.33. The minimum absolute atomic E-state index is 0.0403. The number of amidine groups is 1. The average molecular weight is 289 g/mol. The largest absolute Gasteiger partial charge is 0.496 e. The van der Waals surface area contributed by atoms with Crippen LogP contribution in [0.2, 0.25) is 0 Å². The van der Waals surface area contributed by atoms with Gasteiger partial charge in [0.1, 0.15) is 17.3 Å². The maximum Gasteiger partial charge on any atom is 0.322 e. The van der Waals surface area contributed by atoms with Crippen molar-refractivity contribution in [3.05, 3.63) is 46.3 Å². The Bertz CT molecular complexity index is 704. The molecule has 0 spiro atoms. The lowest BCUT2D eigenvalue weighted by atomic mass is 10.3. The predicted octanol–water partition coefficient (Wildman–Crippen LogP) is 1.47. The molecule has 1 aromatic carbocycles. The van der Waals surface area contributed by atoms with E-state index < -0.39 is 4.92 Å². The topological polar surface area (TPSA) is 137 Å². The van der Waals surface area contributed by atoms with E-state index in [4.69, 9.17) is 20.6 Å². The Morgan fingerprint density at radius 1 is 1.43 bits per heavy atom. The van der Waals surface area contributed by atoms with Crippen LogP contribution in [-0.2, 0) is 0 Å². The summed E-state index contributed by atoms with van der Waals surface area (Å²) in [5, 5.41) is 18.3. The van der Waals surface area contributed by atoms with Crippen LogP contribution in [0.15, 0.2) is 30.5 Å². The van der Waals surface area contributed by atoms with E-state index in [2.05, 4.69) is 9.97 Å². The number of aromatic nitrogens is 2. The first kappa shape index (κ1) is 14.2. The molecule has 0 atom stereocenters. The smallest absolute Gasteiger partial charge is 0.322 e. The molecule has 0 amide bonds. The van der Waals surface area contributed by atoms with E-state index in [0.717, 1.165) is 0 Å². The molecule has 0 aliphatic carbocycles. The second kappa shape index (κ2) is 5.82. The first-order valence-electron chi connectivity index (χ1n) is 5.69. The van der Waals surface area contributed by atoms with Crippen molar-refractivity contribution in [2.75, 3.05) is 7.11 Å². The minimum Gasteiger partial charge on any atom is -0.496 e. The molecule has 1 heterocycles. The van der Waals surface area contributed by atoms with E-state index in [1.807, 2.05) is 0 Å². The third-order valence-electron chi connectivity index (χ3n) is 2.47. The van der Waals surface area contributed by atoms with Crippen LogP contribution in [0.25, 0.3) is 0 Å². The number of hydrogen-bond donors (Lipinski definition) is 2. The molecule has 1 aromatic heterocycles. The summed E-state index contributed by atoms with van der Waals surface area (Å²) >= 11 is 0. The lowest BCUT2D eigenvalue weighted by Crippen LogP contribution is -2.13. The summed E-state index contributed by atoms with van der Waals surface area (Å²) in [6.45, 7) is 0. The number of benzene rings is 1. The molecule has 2 rings (SSSR count). The lowest BCUT2D eigenvalue weighted by molar-refractivity contribution is -0.385. The molecular weight excluding hydrogens is 278 g/mol. The van der Waals surface area contributed by atoms with Gasteiger partial charge in [-0.15, -0.1) is 0 Å². The van der Waals surface area contributed by atoms with Gasteiger partial charge in [-0.25, -0.2) is 4.98 Å². The number of ether oxygens (including phenoxy) is 2. The molecule has 0 bridgehead atoms. The van der Waals surface area contributed by atoms with Crippen molar-refractivity contribution in [2.45, 2.75) is 0 Å². The van der Waals surface area contributed by atoms with Gasteiger partial charge in [0.05, 0.1) is 18.1 Å². The first-order chi connectivity index (χ1) is 10.0. The zero-order chi connectivity index (χ0) is 15.4. The van der Waals surface area contributed by atoms with Crippen LogP contribution in [0.5, 0.6) is 17.5 Å². The van der Waals surface area contributed by atoms with Gasteiger partial charge in [0.2, 0.25) is 5.75 Å². The Kier molecular flexibility index (Phi) is 3.93. The number of nitrogens with two attached hydrogens (primary N) is 1. The van der Waals surface area contributed by atoms with Gasteiger partial charge in [-0.2, -0.15) is 4.98 Å². The summed E-state index contributed by atoms with van der Waals surface area (Å²) in [6.07, 6.45) is 1.34. The summed E-state index contributed by atoms with van der Waals surface area (Å²) in [4.78, 5) is 18.1. The summed E-state index contributed by atoms with van der Waals surface area (Å²) in [5.74, 6) is 0.0282. The molecule has 0 unspecified atom stereocenters. The molecule has 3 N–H and O–H groups in total. The number of nitrogens with zero attached hydrogens (tertiary/aromatic N) is 3. The minimum atomic E-state index is -0.604. The molecule has 0 radical (unpaired) electrons. The summed E-state index contributed by atoms with van der Waals surface area (Å²) < 4.78 is 10.2. The van der Waals surface area contributed by atoms with Gasteiger partial charge in [-0.1, -0.05) is 0 Å². The van der Waals surface area contributed by atoms with Crippen molar-refractivity contribution in [3.8, 4) is 17.5 Å². The standard InChI is InChI=1S/C12H11N5O4/c1-20-7-2-3-10(9(6-7)17(18)19)21-12-15-5-4-8(16-12)11(13)14/h2-6H,1H3,(H3,13,14). The van der Waals surface area contributed by atoms with Gasteiger partial charge in [-0.3, -0.25) is 15.5 Å². The molecule has 0 saturated heterocycles. The number of rotatable bonds is 5. The molecule has 0 aliphatic heterocycles. The van der Waals surface area contributed by atoms with Crippen molar-refractivity contribution in [3.63, 3.8) is 0 Å². The van der Waals surface area contributed by atoms with Gasteiger partial charge in [0, 0.05) is 6.20 Å². The zero-order valence-corrected chi connectivity index (χ0v) is 10.9. The van der Waals surface area contributed by atoms with E-state index in [1.54, 1.807) is 0 Å². The molecule has 0 saturated carbocycles. The van der Waals surface area contributed by atoms with Crippen LogP contribution < -0.4 is 15.2 Å². The van der Waals surface area contributed by atoms with Gasteiger partial charge in [0.25, 0.3) is 0 Å². The van der Waals surface area contributed by atoms with Crippen molar-refractivity contribution < 1.29 is 14.4 Å². The van der Waals surface area contributed by atoms with Gasteiger partial charge < -0.3 is 15.2 Å². The van der Waals surface area contributed by atoms with Crippen molar-refractivity contribution >= 4 is 11.5 Å². The highest BCUT2D eigenvalue weighted by atomic mass is 16.6. The Labute approximate surface area is 119 Å². The van der Waals surface area contributed by atoms with E-state index >= 15 is 0 Å². The number of nitrogen functional groups attached to an aromatic ring is 1. The number of nitro groups is 1. The summed E-state index contributed by atoms with van der Waals surface area (Å²) in [5.41, 5.74) is 5.18. The maximum atomic E-state index is 11.0. The van der Waals surface area contributed by atoms with Crippen molar-refractivity contribution in [1.29, 1.82) is 5.41 Å². The van der Waals surface area contributed by atoms with Gasteiger partial charge in [-0.05, 0) is 18.2 Å². The Hall–Kier alpha value is -3.23. The highest BCUT2D eigenvalue weighted by Gasteiger charge is 2.18. The fourth-order valence-corrected chi connectivity index (χ4v) is 1.49. The Morgan fingerprint density at radius 2 is 2.19 bits per heavy atom. The molecule has 108 valence electrons. The van der Waals surface area contributed by atoms with Crippen molar-refractivity contribution in [2.24, 2.45) is 5.73 Å². The quantitative estimate of drug-likeness (QED) is 0.368. The molecule has 9 nitrogen and oxygen atoms in total. The average Bonchev–Trinajstić information content (AvgIpc) is 2.47. The van der Waals surface area contributed by atoms with Crippen LogP contribution in [-0.4, -0.2) is 27.8 Å². The Balaban J connectivity index is 2.37.